The number of thiophene rings is 1. The van der Waals surface area contributed by atoms with Gasteiger partial charge in [0.2, 0.25) is 0 Å². The number of carbonyl (C=O) groups excluding carboxylic acids is 1. The fraction of sp³-hybridized carbons (Fsp3) is 0.312. The van der Waals surface area contributed by atoms with Gasteiger partial charge in [-0.25, -0.2) is 8.42 Å². The molecule has 0 spiro atoms. The molecule has 128 valence electrons. The summed E-state index contributed by atoms with van der Waals surface area (Å²) < 4.78 is 27.3. The molecule has 0 radical (unpaired) electrons. The minimum atomic E-state index is -3.61. The third-order valence-electron chi connectivity index (χ3n) is 3.81. The van der Waals surface area contributed by atoms with Gasteiger partial charge in [-0.15, -0.1) is 11.3 Å². The second-order valence-corrected chi connectivity index (χ2v) is 8.47. The monoisotopic (exact) mass is 365 g/mol. The van der Waals surface area contributed by atoms with Crippen molar-refractivity contribution >= 4 is 33.0 Å². The highest BCUT2D eigenvalue weighted by molar-refractivity contribution is 7.94. The lowest BCUT2D eigenvalue weighted by Gasteiger charge is -2.23. The van der Waals surface area contributed by atoms with Crippen molar-refractivity contribution in [1.29, 1.82) is 0 Å². The zero-order chi connectivity index (χ0) is 17.0. The highest BCUT2D eigenvalue weighted by atomic mass is 32.2. The predicted octanol–water partition coefficient (Wildman–Crippen LogP) is 2.03. The van der Waals surface area contributed by atoms with Crippen LogP contribution < -0.4 is 15.4 Å². The molecule has 1 saturated heterocycles. The number of amides is 1. The molecule has 0 saturated carbocycles. The molecular formula is C16H19N3O3S2. The van der Waals surface area contributed by atoms with E-state index in [4.69, 9.17) is 0 Å². The lowest BCUT2D eigenvalue weighted by molar-refractivity contribution is 0.0929. The Kier molecular flexibility index (Phi) is 5.17. The van der Waals surface area contributed by atoms with Crippen LogP contribution in [0.1, 0.15) is 23.2 Å². The summed E-state index contributed by atoms with van der Waals surface area (Å²) in [5.41, 5.74) is 0.821. The van der Waals surface area contributed by atoms with Crippen molar-refractivity contribution in [2.75, 3.05) is 17.8 Å². The average molecular weight is 365 g/mol. The first-order valence-corrected chi connectivity index (χ1v) is 10.1. The molecule has 3 N–H and O–H groups in total. The van der Waals surface area contributed by atoms with Crippen molar-refractivity contribution < 1.29 is 13.2 Å². The van der Waals surface area contributed by atoms with Crippen LogP contribution in [0.25, 0.3) is 0 Å². The number of hydrogen-bond acceptors (Lipinski definition) is 5. The Morgan fingerprint density at radius 1 is 1.17 bits per heavy atom. The molecule has 0 aliphatic carbocycles. The van der Waals surface area contributed by atoms with E-state index in [1.807, 2.05) is 0 Å². The van der Waals surface area contributed by atoms with Crippen LogP contribution >= 0.6 is 11.3 Å². The Hall–Kier alpha value is -1.90. The van der Waals surface area contributed by atoms with Gasteiger partial charge < -0.3 is 10.6 Å². The first-order valence-electron chi connectivity index (χ1n) is 7.72. The van der Waals surface area contributed by atoms with Crippen molar-refractivity contribution in [3.8, 4) is 0 Å². The topological polar surface area (TPSA) is 87.3 Å². The van der Waals surface area contributed by atoms with E-state index in [-0.39, 0.29) is 16.2 Å². The summed E-state index contributed by atoms with van der Waals surface area (Å²) in [5.74, 6) is -0.181. The molecule has 2 heterocycles. The SMILES string of the molecule is O=C(NC1CCNCC1)c1cccc(NS(=O)(=O)c2cccs2)c1. The van der Waals surface area contributed by atoms with Crippen LogP contribution in [-0.2, 0) is 10.0 Å². The van der Waals surface area contributed by atoms with E-state index in [1.165, 1.54) is 0 Å². The van der Waals surface area contributed by atoms with Gasteiger partial charge in [-0.3, -0.25) is 9.52 Å². The van der Waals surface area contributed by atoms with Gasteiger partial charge in [-0.05, 0) is 55.6 Å². The van der Waals surface area contributed by atoms with Crippen molar-refractivity contribution in [2.45, 2.75) is 23.1 Å². The largest absolute Gasteiger partial charge is 0.349 e. The summed E-state index contributed by atoms with van der Waals surface area (Å²) in [5, 5.41) is 7.95. The molecule has 0 atom stereocenters. The Morgan fingerprint density at radius 2 is 1.96 bits per heavy atom. The zero-order valence-corrected chi connectivity index (χ0v) is 14.6. The van der Waals surface area contributed by atoms with Crippen LogP contribution in [0.5, 0.6) is 0 Å². The van der Waals surface area contributed by atoms with E-state index in [0.717, 1.165) is 37.3 Å². The number of benzene rings is 1. The molecule has 1 aromatic heterocycles. The number of nitrogens with one attached hydrogen (secondary N) is 3. The standard InChI is InChI=1S/C16H19N3O3S2/c20-16(18-13-6-8-17-9-7-13)12-3-1-4-14(11-12)19-24(21,22)15-5-2-10-23-15/h1-5,10-11,13,17,19H,6-9H2,(H,18,20). The first kappa shape index (κ1) is 16.9. The van der Waals surface area contributed by atoms with Gasteiger partial charge in [0.05, 0.1) is 0 Å². The smallest absolute Gasteiger partial charge is 0.271 e. The molecule has 1 aliphatic rings. The summed E-state index contributed by atoms with van der Waals surface area (Å²) in [6.45, 7) is 1.79. The Bertz CT molecular complexity index is 798. The molecule has 1 amide bonds. The van der Waals surface area contributed by atoms with Gasteiger partial charge in [0.25, 0.3) is 15.9 Å². The van der Waals surface area contributed by atoms with E-state index in [0.29, 0.717) is 11.3 Å². The lowest BCUT2D eigenvalue weighted by Crippen LogP contribution is -2.42. The van der Waals surface area contributed by atoms with Gasteiger partial charge >= 0.3 is 0 Å². The zero-order valence-electron chi connectivity index (χ0n) is 13.0. The Labute approximate surface area is 145 Å². The van der Waals surface area contributed by atoms with Gasteiger partial charge in [-0.2, -0.15) is 0 Å². The van der Waals surface area contributed by atoms with E-state index >= 15 is 0 Å². The molecule has 1 fully saturated rings. The molecule has 1 aliphatic heterocycles. The van der Waals surface area contributed by atoms with Crippen LogP contribution in [0.4, 0.5) is 5.69 Å². The van der Waals surface area contributed by atoms with Crippen molar-refractivity contribution in [3.05, 3.63) is 47.3 Å². The van der Waals surface area contributed by atoms with Crippen molar-refractivity contribution in [2.24, 2.45) is 0 Å². The Morgan fingerprint density at radius 3 is 2.67 bits per heavy atom. The fourth-order valence-corrected chi connectivity index (χ4v) is 4.62. The molecule has 0 bridgehead atoms. The molecule has 8 heteroatoms. The summed E-state index contributed by atoms with van der Waals surface area (Å²) in [7, 11) is -3.61. The summed E-state index contributed by atoms with van der Waals surface area (Å²) in [4.78, 5) is 12.4. The minimum Gasteiger partial charge on any atom is -0.349 e. The van der Waals surface area contributed by atoms with E-state index in [1.54, 1.807) is 41.8 Å². The molecule has 24 heavy (non-hydrogen) atoms. The van der Waals surface area contributed by atoms with Gasteiger partial charge in [0, 0.05) is 17.3 Å². The van der Waals surface area contributed by atoms with E-state index in [2.05, 4.69) is 15.4 Å². The number of hydrogen-bond donors (Lipinski definition) is 3. The minimum absolute atomic E-state index is 0.158. The Balaban J connectivity index is 1.70. The van der Waals surface area contributed by atoms with Crippen LogP contribution in [0.3, 0.4) is 0 Å². The summed E-state index contributed by atoms with van der Waals surface area (Å²) in [6, 6.07) is 9.92. The van der Waals surface area contributed by atoms with Crippen molar-refractivity contribution in [3.63, 3.8) is 0 Å². The highest BCUT2D eigenvalue weighted by Gasteiger charge is 2.18. The molecule has 0 unspecified atom stereocenters. The fourth-order valence-electron chi connectivity index (χ4n) is 2.58. The lowest BCUT2D eigenvalue weighted by atomic mass is 10.1. The highest BCUT2D eigenvalue weighted by Crippen LogP contribution is 2.21. The maximum atomic E-state index is 12.4. The van der Waals surface area contributed by atoms with Gasteiger partial charge in [-0.1, -0.05) is 12.1 Å². The van der Waals surface area contributed by atoms with Gasteiger partial charge in [0.1, 0.15) is 4.21 Å². The third-order valence-corrected chi connectivity index (χ3v) is 6.59. The second-order valence-electron chi connectivity index (χ2n) is 5.62. The van der Waals surface area contributed by atoms with Crippen molar-refractivity contribution in [1.82, 2.24) is 10.6 Å². The van der Waals surface area contributed by atoms with Gasteiger partial charge in [0.15, 0.2) is 0 Å². The van der Waals surface area contributed by atoms with E-state index < -0.39 is 10.0 Å². The number of piperidine rings is 1. The maximum absolute atomic E-state index is 12.4. The maximum Gasteiger partial charge on any atom is 0.271 e. The number of anilines is 1. The summed E-state index contributed by atoms with van der Waals surface area (Å²) in [6.07, 6.45) is 1.80. The molecule has 2 aromatic rings. The number of sulfonamides is 1. The average Bonchev–Trinajstić information content (AvgIpc) is 3.11. The molecule has 1 aromatic carbocycles. The number of carbonyl (C=O) groups is 1. The summed E-state index contributed by atoms with van der Waals surface area (Å²) >= 11 is 1.15. The van der Waals surface area contributed by atoms with Crippen LogP contribution in [0.15, 0.2) is 46.0 Å². The first-order chi connectivity index (χ1) is 11.5. The van der Waals surface area contributed by atoms with Crippen LogP contribution in [0, 0.1) is 0 Å². The molecular weight excluding hydrogens is 346 g/mol. The molecule has 6 nitrogen and oxygen atoms in total. The predicted molar refractivity (Wildman–Crippen MR) is 94.9 cm³/mol. The number of rotatable bonds is 5. The third kappa shape index (κ3) is 4.14. The van der Waals surface area contributed by atoms with Crippen LogP contribution in [0.2, 0.25) is 0 Å². The van der Waals surface area contributed by atoms with Crippen LogP contribution in [-0.4, -0.2) is 33.5 Å². The quantitative estimate of drug-likeness (QED) is 0.757. The van der Waals surface area contributed by atoms with E-state index in [9.17, 15) is 13.2 Å². The molecule has 3 rings (SSSR count). The second kappa shape index (κ2) is 7.33. The normalized spacial score (nSPS) is 15.8.